The van der Waals surface area contributed by atoms with Gasteiger partial charge in [-0.3, -0.25) is 4.79 Å². The van der Waals surface area contributed by atoms with Crippen LogP contribution in [0.3, 0.4) is 0 Å². The maximum atomic E-state index is 11.9. The second-order valence-corrected chi connectivity index (χ2v) is 9.40. The second kappa shape index (κ2) is 4.85. The van der Waals surface area contributed by atoms with E-state index in [9.17, 15) is 9.90 Å². The third kappa shape index (κ3) is 1.89. The summed E-state index contributed by atoms with van der Waals surface area (Å²) >= 11 is 0. The van der Waals surface area contributed by atoms with Crippen molar-refractivity contribution in [3.05, 3.63) is 0 Å². The minimum atomic E-state index is -0.900. The van der Waals surface area contributed by atoms with Gasteiger partial charge in [-0.1, -0.05) is 19.8 Å². The molecule has 0 bridgehead atoms. The predicted molar refractivity (Wildman–Crippen MR) is 90.5 cm³/mol. The molecule has 4 rings (SSSR count). The Bertz CT molecular complexity index is 575. The van der Waals surface area contributed by atoms with Gasteiger partial charge in [-0.05, 0) is 74.0 Å². The summed E-state index contributed by atoms with van der Waals surface area (Å²) in [7, 11) is 0. The van der Waals surface area contributed by atoms with Crippen LogP contribution in [0.25, 0.3) is 0 Å². The third-order valence-electron chi connectivity index (χ3n) is 8.87. The molecule has 23 heavy (non-hydrogen) atoms. The fourth-order valence-corrected chi connectivity index (χ4v) is 7.30. The SMILES string of the molecule is C#CC1(O)CC[C@H]2[C@@H]3CCC4CC(=O)CC[C@]4(C)[C@@H]3CC[C@@]21C. The zero-order valence-electron chi connectivity index (χ0n) is 14.6. The van der Waals surface area contributed by atoms with Gasteiger partial charge in [0.15, 0.2) is 0 Å². The summed E-state index contributed by atoms with van der Waals surface area (Å²) < 4.78 is 0. The van der Waals surface area contributed by atoms with E-state index in [4.69, 9.17) is 6.42 Å². The molecule has 0 aromatic carbocycles. The van der Waals surface area contributed by atoms with E-state index in [1.807, 2.05) is 0 Å². The lowest BCUT2D eigenvalue weighted by atomic mass is 9.44. The zero-order chi connectivity index (χ0) is 16.5. The Labute approximate surface area is 140 Å². The molecule has 4 fully saturated rings. The number of hydrogen-bond acceptors (Lipinski definition) is 2. The van der Waals surface area contributed by atoms with Crippen LogP contribution in [-0.4, -0.2) is 16.5 Å². The monoisotopic (exact) mass is 314 g/mol. The molecule has 0 amide bonds. The first-order valence-electron chi connectivity index (χ1n) is 9.56. The van der Waals surface area contributed by atoms with Crippen molar-refractivity contribution in [2.45, 2.75) is 77.2 Å². The van der Waals surface area contributed by atoms with E-state index in [-0.39, 0.29) is 5.41 Å². The van der Waals surface area contributed by atoms with Gasteiger partial charge in [0.1, 0.15) is 11.4 Å². The molecule has 0 aliphatic heterocycles. The lowest BCUT2D eigenvalue weighted by Gasteiger charge is -2.60. The molecule has 0 radical (unpaired) electrons. The fourth-order valence-electron chi connectivity index (χ4n) is 7.30. The van der Waals surface area contributed by atoms with E-state index < -0.39 is 5.60 Å². The number of Topliss-reactive ketones (excluding diaryl/α,β-unsaturated/α-hetero) is 1. The Morgan fingerprint density at radius 2 is 1.83 bits per heavy atom. The van der Waals surface area contributed by atoms with Gasteiger partial charge in [-0.15, -0.1) is 6.42 Å². The Morgan fingerprint density at radius 1 is 1.09 bits per heavy atom. The number of ketones is 1. The van der Waals surface area contributed by atoms with Crippen LogP contribution in [0.4, 0.5) is 0 Å². The number of terminal acetylenes is 1. The number of carbonyl (C=O) groups excluding carboxylic acids is 1. The molecule has 0 aromatic rings. The van der Waals surface area contributed by atoms with Crippen LogP contribution in [0.5, 0.6) is 0 Å². The van der Waals surface area contributed by atoms with Crippen LogP contribution < -0.4 is 0 Å². The third-order valence-corrected chi connectivity index (χ3v) is 8.87. The van der Waals surface area contributed by atoms with Crippen LogP contribution in [0.1, 0.15) is 71.6 Å². The fraction of sp³-hybridized carbons (Fsp3) is 0.857. The first kappa shape index (κ1) is 15.7. The molecule has 0 heterocycles. The Balaban J connectivity index is 1.66. The normalized spacial score (nSPS) is 55.5. The predicted octanol–water partition coefficient (Wildman–Crippen LogP) is 3.96. The molecule has 126 valence electrons. The highest BCUT2D eigenvalue weighted by Crippen LogP contribution is 2.67. The van der Waals surface area contributed by atoms with Crippen molar-refractivity contribution in [2.24, 2.45) is 34.5 Å². The maximum absolute atomic E-state index is 11.9. The molecule has 0 aromatic heterocycles. The maximum Gasteiger partial charge on any atom is 0.133 e. The van der Waals surface area contributed by atoms with Crippen molar-refractivity contribution in [1.29, 1.82) is 0 Å². The quantitative estimate of drug-likeness (QED) is 0.687. The van der Waals surface area contributed by atoms with E-state index in [0.29, 0.717) is 29.0 Å². The molecule has 2 nitrogen and oxygen atoms in total. The highest BCUT2D eigenvalue weighted by atomic mass is 16.3. The van der Waals surface area contributed by atoms with Gasteiger partial charge in [-0.2, -0.15) is 0 Å². The van der Waals surface area contributed by atoms with Crippen LogP contribution in [-0.2, 0) is 4.79 Å². The summed E-state index contributed by atoms with van der Waals surface area (Å²) in [4.78, 5) is 11.9. The first-order valence-corrected chi connectivity index (χ1v) is 9.56. The van der Waals surface area contributed by atoms with Crippen molar-refractivity contribution in [2.75, 3.05) is 0 Å². The Morgan fingerprint density at radius 3 is 2.57 bits per heavy atom. The highest BCUT2D eigenvalue weighted by Gasteiger charge is 2.64. The largest absolute Gasteiger partial charge is 0.377 e. The number of rotatable bonds is 0. The molecule has 0 saturated heterocycles. The Hall–Kier alpha value is -0.810. The van der Waals surface area contributed by atoms with Gasteiger partial charge < -0.3 is 5.11 Å². The smallest absolute Gasteiger partial charge is 0.133 e. The molecule has 7 atom stereocenters. The van der Waals surface area contributed by atoms with Gasteiger partial charge in [0.05, 0.1) is 0 Å². The van der Waals surface area contributed by atoms with Crippen molar-refractivity contribution in [1.82, 2.24) is 0 Å². The zero-order valence-corrected chi connectivity index (χ0v) is 14.6. The van der Waals surface area contributed by atoms with Crippen LogP contribution in [0, 0.1) is 46.8 Å². The second-order valence-electron chi connectivity index (χ2n) is 9.40. The summed E-state index contributed by atoms with van der Waals surface area (Å²) in [6.45, 7) is 4.71. The average Bonchev–Trinajstić information content (AvgIpc) is 2.80. The molecule has 4 aliphatic carbocycles. The minimum absolute atomic E-state index is 0.101. The molecule has 4 saturated carbocycles. The van der Waals surface area contributed by atoms with Crippen molar-refractivity contribution < 1.29 is 9.90 Å². The first-order chi connectivity index (χ1) is 10.8. The lowest BCUT2D eigenvalue weighted by molar-refractivity contribution is -0.147. The molecule has 4 aliphatic rings. The van der Waals surface area contributed by atoms with E-state index in [2.05, 4.69) is 19.8 Å². The molecule has 0 spiro atoms. The van der Waals surface area contributed by atoms with Gasteiger partial charge in [0.2, 0.25) is 0 Å². The van der Waals surface area contributed by atoms with Gasteiger partial charge in [0.25, 0.3) is 0 Å². The lowest BCUT2D eigenvalue weighted by Crippen LogP contribution is -2.56. The van der Waals surface area contributed by atoms with Crippen LogP contribution in [0.15, 0.2) is 0 Å². The topological polar surface area (TPSA) is 37.3 Å². The summed E-state index contributed by atoms with van der Waals surface area (Å²) in [5.41, 5.74) is -0.658. The van der Waals surface area contributed by atoms with E-state index >= 15 is 0 Å². The van der Waals surface area contributed by atoms with Crippen LogP contribution >= 0.6 is 0 Å². The highest BCUT2D eigenvalue weighted by molar-refractivity contribution is 5.79. The minimum Gasteiger partial charge on any atom is -0.377 e. The Kier molecular flexibility index (Phi) is 3.31. The van der Waals surface area contributed by atoms with E-state index in [1.54, 1.807) is 0 Å². The number of aliphatic hydroxyl groups is 1. The number of fused-ring (bicyclic) bond motifs is 5. The van der Waals surface area contributed by atoms with E-state index in [0.717, 1.165) is 44.4 Å². The standard InChI is InChI=1S/C21H30O2/c1-4-21(23)12-9-18-16-6-5-14-13-15(22)7-10-19(14,2)17(16)8-11-20(18,21)3/h1,14,16-18,23H,5-13H2,2-3H3/t14?,16-,17-,18+,19+,20+,21?/m1/s1. The molecule has 2 unspecified atom stereocenters. The molecule has 1 N–H and O–H groups in total. The van der Waals surface area contributed by atoms with Gasteiger partial charge >= 0.3 is 0 Å². The summed E-state index contributed by atoms with van der Waals surface area (Å²) in [6.07, 6.45) is 14.9. The summed E-state index contributed by atoms with van der Waals surface area (Å²) in [6, 6.07) is 0. The van der Waals surface area contributed by atoms with Gasteiger partial charge in [0, 0.05) is 18.3 Å². The van der Waals surface area contributed by atoms with Crippen molar-refractivity contribution in [3.8, 4) is 12.3 Å². The average molecular weight is 314 g/mol. The summed E-state index contributed by atoms with van der Waals surface area (Å²) in [5, 5.41) is 11.0. The van der Waals surface area contributed by atoms with Crippen molar-refractivity contribution in [3.63, 3.8) is 0 Å². The number of carbonyl (C=O) groups is 1. The van der Waals surface area contributed by atoms with E-state index in [1.165, 1.54) is 19.3 Å². The molecular weight excluding hydrogens is 284 g/mol. The molecule has 2 heteroatoms. The van der Waals surface area contributed by atoms with Crippen LogP contribution in [0.2, 0.25) is 0 Å². The van der Waals surface area contributed by atoms with Crippen molar-refractivity contribution >= 4 is 5.78 Å². The van der Waals surface area contributed by atoms with Gasteiger partial charge in [-0.25, -0.2) is 0 Å². The molecular formula is C21H30O2. The number of hydrogen-bond donors (Lipinski definition) is 1. The summed E-state index contributed by atoms with van der Waals surface area (Å²) in [5.74, 6) is 5.83.